The molecule has 0 spiro atoms. The zero-order chi connectivity index (χ0) is 23.2. The van der Waals surface area contributed by atoms with Crippen molar-refractivity contribution < 1.29 is 33.0 Å². The third kappa shape index (κ3) is 5.33. The Balaban J connectivity index is 1.40. The number of aryl methyl sites for hydroxylation is 1. The highest BCUT2D eigenvalue weighted by Crippen LogP contribution is 2.30. The van der Waals surface area contributed by atoms with Gasteiger partial charge in [-0.3, -0.25) is 0 Å². The number of ether oxygens (including phenoxy) is 4. The van der Waals surface area contributed by atoms with Crippen LogP contribution in [0.25, 0.3) is 11.0 Å². The van der Waals surface area contributed by atoms with E-state index in [-0.39, 0.29) is 19.0 Å². The van der Waals surface area contributed by atoms with Crippen molar-refractivity contribution in [3.63, 3.8) is 0 Å². The summed E-state index contributed by atoms with van der Waals surface area (Å²) >= 11 is 0. The maximum Gasteiger partial charge on any atom is 0.349 e. The van der Waals surface area contributed by atoms with E-state index in [9.17, 15) is 9.59 Å². The normalized spacial score (nSPS) is 10.6. The number of carbonyl (C=O) groups is 2. The molecule has 0 unspecified atom stereocenters. The Morgan fingerprint density at radius 1 is 0.848 bits per heavy atom. The van der Waals surface area contributed by atoms with Gasteiger partial charge in [0.2, 0.25) is 0 Å². The first-order valence-corrected chi connectivity index (χ1v) is 10.4. The minimum atomic E-state index is -0.596. The second-order valence-corrected chi connectivity index (χ2v) is 7.06. The summed E-state index contributed by atoms with van der Waals surface area (Å²) in [6, 6.07) is 21.1. The van der Waals surface area contributed by atoms with Crippen molar-refractivity contribution in [3.8, 4) is 23.0 Å². The largest absolute Gasteiger partial charge is 0.482 e. The zero-order valence-electron chi connectivity index (χ0n) is 18.2. The van der Waals surface area contributed by atoms with Crippen LogP contribution >= 0.6 is 0 Å². The lowest BCUT2D eigenvalue weighted by molar-refractivity contribution is -0.136. The van der Waals surface area contributed by atoms with Crippen molar-refractivity contribution >= 4 is 22.9 Å². The molecule has 0 bridgehead atoms. The molecule has 0 saturated carbocycles. The number of hydrogen-bond acceptors (Lipinski definition) is 7. The van der Waals surface area contributed by atoms with Gasteiger partial charge in [0.25, 0.3) is 0 Å². The van der Waals surface area contributed by atoms with Crippen LogP contribution in [-0.4, -0.2) is 25.2 Å². The van der Waals surface area contributed by atoms with E-state index >= 15 is 0 Å². The van der Waals surface area contributed by atoms with Gasteiger partial charge in [0, 0.05) is 11.5 Å². The number of para-hydroxylation sites is 1. The molecular weight excluding hydrogens is 424 g/mol. The lowest BCUT2D eigenvalue weighted by Crippen LogP contribution is -2.17. The van der Waals surface area contributed by atoms with Gasteiger partial charge in [-0.2, -0.15) is 0 Å². The molecular formula is C26H22O7. The third-order valence-electron chi connectivity index (χ3n) is 4.69. The van der Waals surface area contributed by atoms with Crippen molar-refractivity contribution in [2.45, 2.75) is 13.8 Å². The molecule has 4 aromatic rings. The summed E-state index contributed by atoms with van der Waals surface area (Å²) in [6.45, 7) is 3.35. The van der Waals surface area contributed by atoms with Crippen molar-refractivity contribution in [2.75, 3.05) is 13.2 Å². The van der Waals surface area contributed by atoms with E-state index in [1.54, 1.807) is 56.3 Å². The van der Waals surface area contributed by atoms with Gasteiger partial charge in [0.1, 0.15) is 39.9 Å². The average molecular weight is 446 g/mol. The maximum absolute atomic E-state index is 12.3. The van der Waals surface area contributed by atoms with E-state index in [4.69, 9.17) is 23.4 Å². The summed E-state index contributed by atoms with van der Waals surface area (Å²) in [5.41, 5.74) is 0.818. The molecule has 168 valence electrons. The summed E-state index contributed by atoms with van der Waals surface area (Å²) in [4.78, 5) is 24.6. The van der Waals surface area contributed by atoms with E-state index in [1.165, 1.54) is 0 Å². The third-order valence-corrected chi connectivity index (χ3v) is 4.69. The fraction of sp³-hybridized carbons (Fsp3) is 0.154. The monoisotopic (exact) mass is 446 g/mol. The lowest BCUT2D eigenvalue weighted by atomic mass is 10.1. The fourth-order valence-corrected chi connectivity index (χ4v) is 3.27. The standard InChI is InChI=1S/C26H22O7/c1-3-29-26(28)25-17(2)31-23-13-12-21(15-22(23)25)33-24(27)16-30-19-10-7-11-20(14-19)32-18-8-5-4-6-9-18/h4-15H,3,16H2,1-2H3. The number of carbonyl (C=O) groups excluding carboxylic acids is 2. The quantitative estimate of drug-likeness (QED) is 0.254. The summed E-state index contributed by atoms with van der Waals surface area (Å²) < 4.78 is 27.4. The van der Waals surface area contributed by atoms with Gasteiger partial charge < -0.3 is 23.4 Å². The summed E-state index contributed by atoms with van der Waals surface area (Å²) in [5, 5.41) is 0.517. The van der Waals surface area contributed by atoms with Crippen LogP contribution in [0.1, 0.15) is 23.0 Å². The fourth-order valence-electron chi connectivity index (χ4n) is 3.27. The Kier molecular flexibility index (Phi) is 6.59. The second kappa shape index (κ2) is 9.91. The van der Waals surface area contributed by atoms with Crippen molar-refractivity contribution in [3.05, 3.63) is 84.1 Å². The number of fused-ring (bicyclic) bond motifs is 1. The van der Waals surface area contributed by atoms with Crippen LogP contribution in [0.2, 0.25) is 0 Å². The predicted octanol–water partition coefficient (Wildman–Crippen LogP) is 5.69. The van der Waals surface area contributed by atoms with E-state index in [1.807, 2.05) is 30.3 Å². The molecule has 1 heterocycles. The molecule has 7 nitrogen and oxygen atoms in total. The van der Waals surface area contributed by atoms with Crippen LogP contribution in [0.4, 0.5) is 0 Å². The van der Waals surface area contributed by atoms with Gasteiger partial charge in [-0.1, -0.05) is 24.3 Å². The van der Waals surface area contributed by atoms with Crippen LogP contribution in [0, 0.1) is 6.92 Å². The van der Waals surface area contributed by atoms with Crippen molar-refractivity contribution in [1.29, 1.82) is 0 Å². The van der Waals surface area contributed by atoms with E-state index in [0.29, 0.717) is 39.5 Å². The molecule has 3 aromatic carbocycles. The molecule has 0 saturated heterocycles. The summed E-state index contributed by atoms with van der Waals surface area (Å²) in [6.07, 6.45) is 0. The van der Waals surface area contributed by atoms with Crippen molar-refractivity contribution in [2.24, 2.45) is 0 Å². The molecule has 1 aromatic heterocycles. The summed E-state index contributed by atoms with van der Waals surface area (Å²) in [7, 11) is 0. The van der Waals surface area contributed by atoms with Crippen LogP contribution < -0.4 is 14.2 Å². The molecule has 0 amide bonds. The predicted molar refractivity (Wildman–Crippen MR) is 121 cm³/mol. The molecule has 0 aliphatic carbocycles. The molecule has 33 heavy (non-hydrogen) atoms. The number of rotatable bonds is 8. The lowest BCUT2D eigenvalue weighted by Gasteiger charge is -2.09. The molecule has 0 radical (unpaired) electrons. The SMILES string of the molecule is CCOC(=O)c1c(C)oc2ccc(OC(=O)COc3cccc(Oc4ccccc4)c3)cc12. The van der Waals surface area contributed by atoms with Gasteiger partial charge in [0.05, 0.1) is 6.61 Å². The van der Waals surface area contributed by atoms with Crippen LogP contribution in [0.15, 0.2) is 77.2 Å². The minimum Gasteiger partial charge on any atom is -0.482 e. The van der Waals surface area contributed by atoms with E-state index in [0.717, 1.165) is 0 Å². The average Bonchev–Trinajstić information content (AvgIpc) is 3.14. The molecule has 0 fully saturated rings. The smallest absolute Gasteiger partial charge is 0.349 e. The maximum atomic E-state index is 12.3. The highest BCUT2D eigenvalue weighted by Gasteiger charge is 2.20. The first kappa shape index (κ1) is 22.0. The van der Waals surface area contributed by atoms with Gasteiger partial charge in [-0.05, 0) is 56.3 Å². The number of benzene rings is 3. The van der Waals surface area contributed by atoms with Gasteiger partial charge in [-0.25, -0.2) is 9.59 Å². The van der Waals surface area contributed by atoms with Gasteiger partial charge in [0.15, 0.2) is 6.61 Å². The Labute approximate surface area is 190 Å². The van der Waals surface area contributed by atoms with Crippen molar-refractivity contribution in [1.82, 2.24) is 0 Å². The van der Waals surface area contributed by atoms with Crippen LogP contribution in [0.5, 0.6) is 23.0 Å². The Morgan fingerprint density at radius 2 is 1.61 bits per heavy atom. The number of hydrogen-bond donors (Lipinski definition) is 0. The first-order chi connectivity index (χ1) is 16.0. The number of furan rings is 1. The molecule has 0 aliphatic rings. The Morgan fingerprint density at radius 3 is 2.39 bits per heavy atom. The second-order valence-electron chi connectivity index (χ2n) is 7.06. The molecule has 0 aliphatic heterocycles. The van der Waals surface area contributed by atoms with E-state index in [2.05, 4.69) is 0 Å². The van der Waals surface area contributed by atoms with Crippen LogP contribution in [0.3, 0.4) is 0 Å². The number of esters is 2. The van der Waals surface area contributed by atoms with Gasteiger partial charge >= 0.3 is 11.9 Å². The molecule has 4 rings (SSSR count). The van der Waals surface area contributed by atoms with Gasteiger partial charge in [-0.15, -0.1) is 0 Å². The van der Waals surface area contributed by atoms with Crippen LogP contribution in [-0.2, 0) is 9.53 Å². The molecule has 7 heteroatoms. The molecule has 0 N–H and O–H groups in total. The highest BCUT2D eigenvalue weighted by molar-refractivity contribution is 6.05. The topological polar surface area (TPSA) is 84.2 Å². The first-order valence-electron chi connectivity index (χ1n) is 10.4. The highest BCUT2D eigenvalue weighted by atomic mass is 16.6. The minimum absolute atomic E-state index is 0.245. The zero-order valence-corrected chi connectivity index (χ0v) is 18.2. The summed E-state index contributed by atoms with van der Waals surface area (Å²) in [5.74, 6) is 1.36. The molecule has 0 atom stereocenters. The Bertz CT molecular complexity index is 1270. The van der Waals surface area contributed by atoms with E-state index < -0.39 is 11.9 Å². The Hall–Kier alpha value is -4.26.